The van der Waals surface area contributed by atoms with Crippen LogP contribution in [0.4, 0.5) is 0 Å². The quantitative estimate of drug-likeness (QED) is 0.499. The first kappa shape index (κ1) is 6.84. The van der Waals surface area contributed by atoms with Crippen LogP contribution >= 0.6 is 0 Å². The maximum absolute atomic E-state index is 4.44. The van der Waals surface area contributed by atoms with Crippen LogP contribution in [-0.2, 0) is 0 Å². The first-order chi connectivity index (χ1) is 5.17. The molecule has 0 fully saturated rings. The van der Waals surface area contributed by atoms with E-state index in [1.807, 2.05) is 6.21 Å². The van der Waals surface area contributed by atoms with Crippen LogP contribution in [0.3, 0.4) is 0 Å². The van der Waals surface area contributed by atoms with E-state index in [1.54, 1.807) is 0 Å². The van der Waals surface area contributed by atoms with Crippen molar-refractivity contribution in [1.82, 2.24) is 0 Å². The van der Waals surface area contributed by atoms with Gasteiger partial charge >= 0.3 is 0 Å². The van der Waals surface area contributed by atoms with E-state index in [0.717, 1.165) is 0 Å². The molecule has 11 heavy (non-hydrogen) atoms. The monoisotopic (exact) mass is 147 g/mol. The van der Waals surface area contributed by atoms with Crippen molar-refractivity contribution in [2.75, 3.05) is 0 Å². The molecule has 0 aromatic rings. The average molecular weight is 147 g/mol. The lowest BCUT2D eigenvalue weighted by molar-refractivity contribution is 0.695. The number of aliphatic imine (C=N–C) groups is 1. The van der Waals surface area contributed by atoms with Crippen LogP contribution in [0.1, 0.15) is 26.7 Å². The van der Waals surface area contributed by atoms with E-state index in [1.165, 1.54) is 24.1 Å². The molecule has 0 atom stereocenters. The first-order valence-corrected chi connectivity index (χ1v) is 4.14. The molecule has 1 aliphatic carbocycles. The number of allylic oxidation sites excluding steroid dienone is 4. The normalized spacial score (nSPS) is 26.0. The highest BCUT2D eigenvalue weighted by Gasteiger charge is 2.19. The van der Waals surface area contributed by atoms with Crippen molar-refractivity contribution in [3.05, 3.63) is 23.4 Å². The van der Waals surface area contributed by atoms with Crippen molar-refractivity contribution in [2.24, 2.45) is 10.4 Å². The fourth-order valence-electron chi connectivity index (χ4n) is 1.31. The molecular formula is C10H13N. The number of rotatable bonds is 0. The van der Waals surface area contributed by atoms with Gasteiger partial charge in [0, 0.05) is 17.3 Å². The fourth-order valence-corrected chi connectivity index (χ4v) is 1.31. The molecule has 2 aliphatic rings. The van der Waals surface area contributed by atoms with Gasteiger partial charge in [-0.05, 0) is 18.4 Å². The second-order valence-corrected chi connectivity index (χ2v) is 3.88. The van der Waals surface area contributed by atoms with Crippen molar-refractivity contribution in [1.29, 1.82) is 0 Å². The Balaban J connectivity index is 2.35. The lowest BCUT2D eigenvalue weighted by Gasteiger charge is -2.15. The predicted octanol–water partition coefficient (Wildman–Crippen LogP) is 2.70. The highest BCUT2D eigenvalue weighted by Crippen LogP contribution is 2.33. The molecule has 1 nitrogen and oxygen atoms in total. The Labute approximate surface area is 67.5 Å². The molecule has 0 saturated heterocycles. The summed E-state index contributed by atoms with van der Waals surface area (Å²) in [6, 6.07) is 0. The van der Waals surface area contributed by atoms with Gasteiger partial charge in [0.25, 0.3) is 0 Å². The van der Waals surface area contributed by atoms with Gasteiger partial charge in [0.2, 0.25) is 0 Å². The van der Waals surface area contributed by atoms with Crippen molar-refractivity contribution in [3.8, 4) is 0 Å². The van der Waals surface area contributed by atoms with E-state index in [0.29, 0.717) is 0 Å². The van der Waals surface area contributed by atoms with Gasteiger partial charge in [-0.25, -0.2) is 0 Å². The number of hydrogen-bond donors (Lipinski definition) is 0. The second-order valence-electron chi connectivity index (χ2n) is 3.88. The molecule has 0 aromatic heterocycles. The lowest BCUT2D eigenvalue weighted by Crippen LogP contribution is -2.07. The highest BCUT2D eigenvalue weighted by molar-refractivity contribution is 5.70. The molecule has 0 saturated carbocycles. The minimum atomic E-state index is 0.150. The third kappa shape index (κ3) is 1.15. The largest absolute Gasteiger partial charge is 0.264 e. The Bertz CT molecular complexity index is 241. The van der Waals surface area contributed by atoms with Crippen molar-refractivity contribution >= 4 is 6.21 Å². The summed E-state index contributed by atoms with van der Waals surface area (Å²) in [6.07, 6.45) is 8.90. The van der Waals surface area contributed by atoms with Crippen molar-refractivity contribution < 1.29 is 0 Å². The molecule has 0 bridgehead atoms. The van der Waals surface area contributed by atoms with Crippen LogP contribution in [-0.4, -0.2) is 6.21 Å². The van der Waals surface area contributed by atoms with Gasteiger partial charge in [-0.1, -0.05) is 26.0 Å². The molecule has 1 heterocycles. The molecule has 0 amide bonds. The average Bonchev–Trinajstić information content (AvgIpc) is 1.91. The summed E-state index contributed by atoms with van der Waals surface area (Å²) >= 11 is 0. The Morgan fingerprint density at radius 3 is 2.82 bits per heavy atom. The third-order valence-electron chi connectivity index (χ3n) is 2.27. The molecule has 0 aromatic carbocycles. The highest BCUT2D eigenvalue weighted by atomic mass is 14.8. The van der Waals surface area contributed by atoms with E-state index >= 15 is 0 Å². The zero-order valence-electron chi connectivity index (χ0n) is 7.09. The van der Waals surface area contributed by atoms with Gasteiger partial charge in [0.1, 0.15) is 0 Å². The number of hydrogen-bond acceptors (Lipinski definition) is 1. The van der Waals surface area contributed by atoms with Crippen LogP contribution in [0.2, 0.25) is 0 Å². The molecule has 2 rings (SSSR count). The summed E-state index contributed by atoms with van der Waals surface area (Å²) in [4.78, 5) is 4.44. The predicted molar refractivity (Wildman–Crippen MR) is 47.7 cm³/mol. The molecule has 58 valence electrons. The van der Waals surface area contributed by atoms with E-state index in [-0.39, 0.29) is 5.41 Å². The first-order valence-electron chi connectivity index (χ1n) is 4.14. The third-order valence-corrected chi connectivity index (χ3v) is 2.27. The van der Waals surface area contributed by atoms with Gasteiger partial charge in [-0.3, -0.25) is 4.99 Å². The number of nitrogens with zero attached hydrogens (tertiary/aromatic N) is 1. The van der Waals surface area contributed by atoms with Gasteiger partial charge in [-0.15, -0.1) is 0 Å². The van der Waals surface area contributed by atoms with Crippen LogP contribution in [0.15, 0.2) is 28.4 Å². The molecule has 0 unspecified atom stereocenters. The molecule has 1 aliphatic heterocycles. The van der Waals surface area contributed by atoms with Crippen molar-refractivity contribution in [2.45, 2.75) is 26.7 Å². The molecule has 0 radical (unpaired) electrons. The minimum absolute atomic E-state index is 0.150. The minimum Gasteiger partial charge on any atom is -0.264 e. The summed E-state index contributed by atoms with van der Waals surface area (Å²) in [5.41, 5.74) is 2.88. The Hall–Kier alpha value is -0.850. The second kappa shape index (κ2) is 2.07. The van der Waals surface area contributed by atoms with E-state index in [9.17, 15) is 0 Å². The molecule has 1 heteroatoms. The summed E-state index contributed by atoms with van der Waals surface area (Å²) in [5.74, 6) is 0. The summed E-state index contributed by atoms with van der Waals surface area (Å²) in [5, 5.41) is 0. The van der Waals surface area contributed by atoms with Gasteiger partial charge in [-0.2, -0.15) is 0 Å². The van der Waals surface area contributed by atoms with Gasteiger partial charge in [0.05, 0.1) is 0 Å². The zero-order chi connectivity index (χ0) is 7.90. The summed E-state index contributed by atoms with van der Waals surface area (Å²) in [6.45, 7) is 4.36. The van der Waals surface area contributed by atoms with Crippen molar-refractivity contribution in [3.63, 3.8) is 0 Å². The van der Waals surface area contributed by atoms with E-state index < -0.39 is 0 Å². The Morgan fingerprint density at radius 2 is 2.18 bits per heavy atom. The maximum atomic E-state index is 4.44. The Kier molecular flexibility index (Phi) is 1.28. The zero-order valence-corrected chi connectivity index (χ0v) is 7.09. The SMILES string of the molecule is CC1(C)C=CC2=C(CC2)N=C1. The summed E-state index contributed by atoms with van der Waals surface area (Å²) < 4.78 is 0. The lowest BCUT2D eigenvalue weighted by atomic mass is 9.91. The van der Waals surface area contributed by atoms with Crippen LogP contribution in [0.5, 0.6) is 0 Å². The van der Waals surface area contributed by atoms with Gasteiger partial charge in [0.15, 0.2) is 0 Å². The standard InChI is InChI=1S/C10H13N/c1-10(2)6-5-8-3-4-9(8)11-7-10/h5-7H,3-4H2,1-2H3. The maximum Gasteiger partial charge on any atom is 0.0435 e. The van der Waals surface area contributed by atoms with Crippen LogP contribution < -0.4 is 0 Å². The van der Waals surface area contributed by atoms with E-state index in [2.05, 4.69) is 31.0 Å². The Morgan fingerprint density at radius 1 is 1.36 bits per heavy atom. The van der Waals surface area contributed by atoms with Crippen LogP contribution in [0.25, 0.3) is 0 Å². The van der Waals surface area contributed by atoms with Crippen LogP contribution in [0, 0.1) is 5.41 Å². The molecule has 0 N–H and O–H groups in total. The van der Waals surface area contributed by atoms with E-state index in [4.69, 9.17) is 0 Å². The molecule has 0 spiro atoms. The molecular weight excluding hydrogens is 134 g/mol. The topological polar surface area (TPSA) is 12.4 Å². The fraction of sp³-hybridized carbons (Fsp3) is 0.500. The summed E-state index contributed by atoms with van der Waals surface area (Å²) in [7, 11) is 0. The smallest absolute Gasteiger partial charge is 0.0435 e. The van der Waals surface area contributed by atoms with Gasteiger partial charge < -0.3 is 0 Å².